The molecule has 1 saturated heterocycles. The molecule has 1 nitrogen and oxygen atoms in total. The number of halogens is 1. The van der Waals surface area contributed by atoms with E-state index >= 15 is 0 Å². The molecule has 1 aromatic rings. The average molecular weight is 207 g/mol. The van der Waals surface area contributed by atoms with Gasteiger partial charge in [-0.25, -0.2) is 4.39 Å². The molecule has 1 N–H and O–H groups in total. The second-order valence-corrected chi connectivity index (χ2v) is 5.00. The highest BCUT2D eigenvalue weighted by molar-refractivity contribution is 5.30. The van der Waals surface area contributed by atoms with Gasteiger partial charge in [-0.2, -0.15) is 0 Å². The van der Waals surface area contributed by atoms with Crippen LogP contribution in [0, 0.1) is 12.7 Å². The Morgan fingerprint density at radius 1 is 1.40 bits per heavy atom. The highest BCUT2D eigenvalue weighted by Crippen LogP contribution is 2.35. The largest absolute Gasteiger partial charge is 0.311 e. The van der Waals surface area contributed by atoms with Crippen molar-refractivity contribution < 1.29 is 4.39 Å². The topological polar surface area (TPSA) is 12.0 Å². The maximum Gasteiger partial charge on any atom is 0.126 e. The SMILES string of the molecule is Cc1cc(C2CCNC2(C)C)ccc1F. The molecular formula is C13H18FN. The summed E-state index contributed by atoms with van der Waals surface area (Å²) >= 11 is 0. The van der Waals surface area contributed by atoms with Gasteiger partial charge in [-0.15, -0.1) is 0 Å². The smallest absolute Gasteiger partial charge is 0.126 e. The van der Waals surface area contributed by atoms with Crippen LogP contribution >= 0.6 is 0 Å². The summed E-state index contributed by atoms with van der Waals surface area (Å²) in [6, 6.07) is 5.48. The van der Waals surface area contributed by atoms with E-state index in [1.807, 2.05) is 19.1 Å². The van der Waals surface area contributed by atoms with E-state index in [0.717, 1.165) is 18.5 Å². The van der Waals surface area contributed by atoms with Crippen LogP contribution in [-0.2, 0) is 0 Å². The third kappa shape index (κ3) is 1.91. The predicted molar refractivity (Wildman–Crippen MR) is 60.6 cm³/mol. The van der Waals surface area contributed by atoms with Crippen LogP contribution in [0.4, 0.5) is 4.39 Å². The number of benzene rings is 1. The molecule has 0 bridgehead atoms. The van der Waals surface area contributed by atoms with Crippen molar-refractivity contribution in [1.29, 1.82) is 0 Å². The Kier molecular flexibility index (Phi) is 2.55. The molecule has 0 saturated carbocycles. The van der Waals surface area contributed by atoms with Crippen LogP contribution in [0.1, 0.15) is 37.3 Å². The second kappa shape index (κ2) is 3.60. The summed E-state index contributed by atoms with van der Waals surface area (Å²) in [5.41, 5.74) is 2.13. The lowest BCUT2D eigenvalue weighted by Gasteiger charge is -2.27. The normalized spacial score (nSPS) is 24.4. The number of nitrogens with one attached hydrogen (secondary N) is 1. The van der Waals surface area contributed by atoms with E-state index in [1.165, 1.54) is 5.56 Å². The Morgan fingerprint density at radius 2 is 2.13 bits per heavy atom. The number of hydrogen-bond donors (Lipinski definition) is 1. The van der Waals surface area contributed by atoms with Crippen molar-refractivity contribution in [1.82, 2.24) is 5.32 Å². The summed E-state index contributed by atoms with van der Waals surface area (Å²) in [7, 11) is 0. The summed E-state index contributed by atoms with van der Waals surface area (Å²) in [4.78, 5) is 0. The zero-order valence-electron chi connectivity index (χ0n) is 9.60. The third-order valence-corrected chi connectivity index (χ3v) is 3.47. The molecule has 0 amide bonds. The van der Waals surface area contributed by atoms with Crippen molar-refractivity contribution in [3.63, 3.8) is 0 Å². The van der Waals surface area contributed by atoms with Gasteiger partial charge in [-0.1, -0.05) is 12.1 Å². The molecule has 1 aromatic carbocycles. The zero-order chi connectivity index (χ0) is 11.1. The van der Waals surface area contributed by atoms with E-state index in [9.17, 15) is 4.39 Å². The average Bonchev–Trinajstić information content (AvgIpc) is 2.50. The predicted octanol–water partition coefficient (Wildman–Crippen LogP) is 2.99. The Labute approximate surface area is 90.7 Å². The fourth-order valence-corrected chi connectivity index (χ4v) is 2.49. The molecule has 82 valence electrons. The lowest BCUT2D eigenvalue weighted by atomic mass is 9.83. The maximum absolute atomic E-state index is 13.2. The van der Waals surface area contributed by atoms with E-state index < -0.39 is 0 Å². The minimum Gasteiger partial charge on any atom is -0.311 e. The fraction of sp³-hybridized carbons (Fsp3) is 0.538. The molecule has 0 aromatic heterocycles. The van der Waals surface area contributed by atoms with Gasteiger partial charge in [0.2, 0.25) is 0 Å². The lowest BCUT2D eigenvalue weighted by molar-refractivity contribution is 0.410. The first kappa shape index (κ1) is 10.6. The van der Waals surface area contributed by atoms with E-state index in [2.05, 4.69) is 19.2 Å². The minimum atomic E-state index is -0.109. The van der Waals surface area contributed by atoms with E-state index in [0.29, 0.717) is 5.92 Å². The molecule has 1 unspecified atom stereocenters. The van der Waals surface area contributed by atoms with Crippen LogP contribution in [0.25, 0.3) is 0 Å². The summed E-state index contributed by atoms with van der Waals surface area (Å²) < 4.78 is 13.2. The first-order valence-corrected chi connectivity index (χ1v) is 5.52. The monoisotopic (exact) mass is 207 g/mol. The Morgan fingerprint density at radius 3 is 2.67 bits per heavy atom. The lowest BCUT2D eigenvalue weighted by Crippen LogP contribution is -2.36. The van der Waals surface area contributed by atoms with Crippen molar-refractivity contribution in [3.05, 3.63) is 35.1 Å². The van der Waals surface area contributed by atoms with Crippen molar-refractivity contribution in [3.8, 4) is 0 Å². The quantitative estimate of drug-likeness (QED) is 0.746. The minimum absolute atomic E-state index is 0.109. The van der Waals surface area contributed by atoms with Crippen LogP contribution < -0.4 is 5.32 Å². The fourth-order valence-electron chi connectivity index (χ4n) is 2.49. The summed E-state index contributed by atoms with van der Waals surface area (Å²) in [6.07, 6.45) is 1.14. The van der Waals surface area contributed by atoms with Gasteiger partial charge in [0.15, 0.2) is 0 Å². The van der Waals surface area contributed by atoms with Crippen LogP contribution in [-0.4, -0.2) is 12.1 Å². The highest BCUT2D eigenvalue weighted by Gasteiger charge is 2.34. The van der Waals surface area contributed by atoms with Crippen LogP contribution in [0.15, 0.2) is 18.2 Å². The van der Waals surface area contributed by atoms with Crippen LogP contribution in [0.3, 0.4) is 0 Å². The van der Waals surface area contributed by atoms with E-state index in [4.69, 9.17) is 0 Å². The van der Waals surface area contributed by atoms with Gasteiger partial charge in [0.25, 0.3) is 0 Å². The Bertz CT molecular complexity index is 371. The number of hydrogen-bond acceptors (Lipinski definition) is 1. The van der Waals surface area contributed by atoms with E-state index in [1.54, 1.807) is 6.07 Å². The van der Waals surface area contributed by atoms with Gasteiger partial charge in [-0.05, 0) is 50.9 Å². The zero-order valence-corrected chi connectivity index (χ0v) is 9.60. The Hall–Kier alpha value is -0.890. The molecule has 0 spiro atoms. The van der Waals surface area contributed by atoms with Crippen molar-refractivity contribution in [2.75, 3.05) is 6.54 Å². The molecular weight excluding hydrogens is 189 g/mol. The van der Waals surface area contributed by atoms with E-state index in [-0.39, 0.29) is 11.4 Å². The molecule has 2 heteroatoms. The van der Waals surface area contributed by atoms with Crippen molar-refractivity contribution in [2.24, 2.45) is 0 Å². The second-order valence-electron chi connectivity index (χ2n) is 5.00. The highest BCUT2D eigenvalue weighted by atomic mass is 19.1. The van der Waals surface area contributed by atoms with Gasteiger partial charge in [-0.3, -0.25) is 0 Å². The van der Waals surface area contributed by atoms with Crippen molar-refractivity contribution >= 4 is 0 Å². The third-order valence-electron chi connectivity index (χ3n) is 3.47. The van der Waals surface area contributed by atoms with Gasteiger partial charge < -0.3 is 5.32 Å². The Balaban J connectivity index is 2.33. The molecule has 1 atom stereocenters. The van der Waals surface area contributed by atoms with Gasteiger partial charge in [0.1, 0.15) is 5.82 Å². The molecule has 1 aliphatic heterocycles. The molecule has 1 fully saturated rings. The van der Waals surface area contributed by atoms with Gasteiger partial charge in [0, 0.05) is 11.5 Å². The standard InChI is InChI=1S/C13H18FN/c1-9-8-10(4-5-12(9)14)11-6-7-15-13(11,2)3/h4-5,8,11,15H,6-7H2,1-3H3. The maximum atomic E-state index is 13.2. The molecule has 0 radical (unpaired) electrons. The van der Waals surface area contributed by atoms with Crippen LogP contribution in [0.2, 0.25) is 0 Å². The number of aryl methyl sites for hydroxylation is 1. The van der Waals surface area contributed by atoms with Gasteiger partial charge in [0.05, 0.1) is 0 Å². The number of rotatable bonds is 1. The first-order valence-electron chi connectivity index (χ1n) is 5.52. The summed E-state index contributed by atoms with van der Waals surface area (Å²) in [5, 5.41) is 3.48. The molecule has 0 aliphatic carbocycles. The first-order chi connectivity index (χ1) is 7.00. The van der Waals surface area contributed by atoms with Crippen molar-refractivity contribution in [2.45, 2.75) is 38.6 Å². The molecule has 15 heavy (non-hydrogen) atoms. The molecule has 1 aliphatic rings. The van der Waals surface area contributed by atoms with Gasteiger partial charge >= 0.3 is 0 Å². The molecule has 1 heterocycles. The summed E-state index contributed by atoms with van der Waals surface area (Å²) in [6.45, 7) is 7.30. The van der Waals surface area contributed by atoms with Crippen LogP contribution in [0.5, 0.6) is 0 Å². The summed E-state index contributed by atoms with van der Waals surface area (Å²) in [5.74, 6) is 0.388. The molecule has 2 rings (SSSR count).